The Balaban J connectivity index is 1.56. The first kappa shape index (κ1) is 28.4. The minimum absolute atomic E-state index is 0.0147. The number of hydrogen-bond donors (Lipinski definition) is 3. The summed E-state index contributed by atoms with van der Waals surface area (Å²) in [6.07, 6.45) is 1.56. The van der Waals surface area contributed by atoms with Crippen LogP contribution in [0.4, 0.5) is 4.79 Å². The molecule has 0 radical (unpaired) electrons. The fourth-order valence-electron chi connectivity index (χ4n) is 4.10. The smallest absolute Gasteiger partial charge is 0.357 e. The third-order valence-electron chi connectivity index (χ3n) is 6.08. The van der Waals surface area contributed by atoms with Crippen LogP contribution in [0.3, 0.4) is 0 Å². The molecule has 40 heavy (non-hydrogen) atoms. The number of nitrogens with zero attached hydrogens (tertiary/aromatic N) is 3. The van der Waals surface area contributed by atoms with E-state index in [1.807, 2.05) is 6.07 Å². The van der Waals surface area contributed by atoms with Gasteiger partial charge in [-0.2, -0.15) is 0 Å². The number of benzene rings is 2. The second-order valence-electron chi connectivity index (χ2n) is 8.88. The van der Waals surface area contributed by atoms with Gasteiger partial charge in [-0.1, -0.05) is 36.7 Å². The van der Waals surface area contributed by atoms with E-state index in [1.54, 1.807) is 56.5 Å². The number of rotatable bonds is 9. The summed E-state index contributed by atoms with van der Waals surface area (Å²) in [5.41, 5.74) is 3.24. The van der Waals surface area contributed by atoms with Crippen LogP contribution in [-0.4, -0.2) is 58.4 Å². The molecule has 0 bridgehead atoms. The number of amides is 3. The summed E-state index contributed by atoms with van der Waals surface area (Å²) >= 11 is 6.20. The third-order valence-corrected chi connectivity index (χ3v) is 6.31. The maximum Gasteiger partial charge on any atom is 0.357 e. The van der Waals surface area contributed by atoms with Gasteiger partial charge in [0, 0.05) is 5.02 Å². The van der Waals surface area contributed by atoms with E-state index < -0.39 is 30.0 Å². The van der Waals surface area contributed by atoms with Crippen molar-refractivity contribution in [3.63, 3.8) is 0 Å². The van der Waals surface area contributed by atoms with Crippen LogP contribution >= 0.6 is 11.6 Å². The number of ether oxygens (including phenoxy) is 1. The second kappa shape index (κ2) is 13.0. The largest absolute Gasteiger partial charge is 0.496 e. The highest BCUT2D eigenvalue weighted by Gasteiger charge is 2.32. The molecule has 3 aromatic rings. The molecular formula is C27H28ClN5O7. The number of amidine groups is 1. The number of carboxylic acids is 1. The van der Waals surface area contributed by atoms with E-state index in [1.165, 1.54) is 0 Å². The molecular weight excluding hydrogens is 542 g/mol. The molecule has 1 aliphatic rings. The summed E-state index contributed by atoms with van der Waals surface area (Å²) in [5.74, 6) is -0.370. The van der Waals surface area contributed by atoms with Gasteiger partial charge in [0.05, 0.1) is 26.1 Å². The van der Waals surface area contributed by atoms with Crippen molar-refractivity contribution < 1.29 is 33.5 Å². The molecule has 0 saturated carbocycles. The number of hydroxylamine groups is 1. The predicted octanol–water partition coefficient (Wildman–Crippen LogP) is 4.02. The molecule has 3 amide bonds. The molecule has 0 spiro atoms. The van der Waals surface area contributed by atoms with Crippen LogP contribution < -0.4 is 20.4 Å². The Morgan fingerprint density at radius 2 is 2.02 bits per heavy atom. The van der Waals surface area contributed by atoms with E-state index in [-0.39, 0.29) is 30.4 Å². The van der Waals surface area contributed by atoms with Gasteiger partial charge in [0.15, 0.2) is 17.3 Å². The van der Waals surface area contributed by atoms with E-state index in [2.05, 4.69) is 15.8 Å². The van der Waals surface area contributed by atoms with Crippen LogP contribution in [0, 0.1) is 0 Å². The number of carbonyl (C=O) groups excluding carboxylic acids is 2. The predicted molar refractivity (Wildman–Crippen MR) is 144 cm³/mol. The van der Waals surface area contributed by atoms with Crippen molar-refractivity contribution >= 4 is 35.3 Å². The van der Waals surface area contributed by atoms with Crippen molar-refractivity contribution in [2.24, 2.45) is 4.99 Å². The van der Waals surface area contributed by atoms with Crippen molar-refractivity contribution in [3.8, 4) is 11.5 Å². The van der Waals surface area contributed by atoms with Crippen LogP contribution in [-0.2, 0) is 11.2 Å². The molecule has 0 aliphatic carbocycles. The Bertz CT molecular complexity index is 1390. The van der Waals surface area contributed by atoms with Crippen molar-refractivity contribution in [2.45, 2.75) is 38.3 Å². The maximum atomic E-state index is 13.3. The monoisotopic (exact) mass is 569 g/mol. The molecule has 2 aromatic carbocycles. The number of aromatic carboxylic acids is 1. The van der Waals surface area contributed by atoms with Crippen LogP contribution in [0.2, 0.25) is 5.02 Å². The van der Waals surface area contributed by atoms with Gasteiger partial charge in [-0.05, 0) is 48.7 Å². The zero-order valence-electron chi connectivity index (χ0n) is 21.8. The van der Waals surface area contributed by atoms with E-state index >= 15 is 0 Å². The first-order valence-corrected chi connectivity index (χ1v) is 12.8. The number of methoxy groups -OCH3 is 1. The molecule has 13 heteroatoms. The molecule has 0 unspecified atom stereocenters. The number of hydrogen-bond acceptors (Lipinski definition) is 9. The Morgan fingerprint density at radius 1 is 1.25 bits per heavy atom. The Kier molecular flexibility index (Phi) is 9.23. The zero-order valence-corrected chi connectivity index (χ0v) is 22.6. The average Bonchev–Trinajstić information content (AvgIpc) is 3.38. The van der Waals surface area contributed by atoms with E-state index in [9.17, 15) is 14.4 Å². The summed E-state index contributed by atoms with van der Waals surface area (Å²) in [6, 6.07) is 12.0. The van der Waals surface area contributed by atoms with Crippen LogP contribution in [0.1, 0.15) is 47.7 Å². The number of nitrogens with one attached hydrogen (secondary N) is 2. The van der Waals surface area contributed by atoms with Gasteiger partial charge in [-0.15, -0.1) is 0 Å². The Labute approximate surface area is 234 Å². The molecule has 1 aromatic heterocycles. The fourth-order valence-corrected chi connectivity index (χ4v) is 4.29. The lowest BCUT2D eigenvalue weighted by molar-refractivity contribution is -0.127. The Hall–Kier alpha value is -4.58. The normalized spacial score (nSPS) is 16.0. The molecule has 4 rings (SSSR count). The van der Waals surface area contributed by atoms with E-state index in [0.29, 0.717) is 29.4 Å². The number of aromatic nitrogens is 1. The molecule has 0 fully saturated rings. The molecule has 210 valence electrons. The SMILES string of the molecule is CC[C@@H](NC(=O)N1CC(NOc2ccccc2)=N[C@H](Cc2cc(Cl)ccc2OC)CC1=O)c1nc(C(=O)O)co1. The minimum Gasteiger partial charge on any atom is -0.496 e. The molecule has 2 heterocycles. The summed E-state index contributed by atoms with van der Waals surface area (Å²) < 4.78 is 10.7. The molecule has 1 aliphatic heterocycles. The van der Waals surface area contributed by atoms with Crippen LogP contribution in [0.15, 0.2) is 64.2 Å². The lowest BCUT2D eigenvalue weighted by Gasteiger charge is -2.23. The van der Waals surface area contributed by atoms with Gasteiger partial charge in [-0.25, -0.2) is 20.1 Å². The van der Waals surface area contributed by atoms with Crippen LogP contribution in [0.25, 0.3) is 0 Å². The Morgan fingerprint density at radius 3 is 2.70 bits per heavy atom. The summed E-state index contributed by atoms with van der Waals surface area (Å²) in [7, 11) is 1.54. The fraction of sp³-hybridized carbons (Fsp3) is 0.296. The number of halogens is 1. The van der Waals surface area contributed by atoms with Crippen molar-refractivity contribution in [3.05, 3.63) is 77.0 Å². The summed E-state index contributed by atoms with van der Waals surface area (Å²) in [4.78, 5) is 53.1. The summed E-state index contributed by atoms with van der Waals surface area (Å²) in [6.45, 7) is 1.56. The number of para-hydroxylation sites is 1. The average molecular weight is 570 g/mol. The van der Waals surface area contributed by atoms with Gasteiger partial charge in [-0.3, -0.25) is 14.7 Å². The second-order valence-corrected chi connectivity index (χ2v) is 9.31. The highest BCUT2D eigenvalue weighted by molar-refractivity contribution is 6.30. The first-order chi connectivity index (χ1) is 19.3. The topological polar surface area (TPSA) is 156 Å². The number of aliphatic imine (C=N–C) groups is 1. The lowest BCUT2D eigenvalue weighted by Crippen LogP contribution is -2.49. The number of carbonyl (C=O) groups is 3. The van der Waals surface area contributed by atoms with Crippen molar-refractivity contribution in [1.29, 1.82) is 0 Å². The standard InChI is InChI=1S/C27H28ClN5O7/c1-3-20(25-30-21(15-39-25)26(35)36)31-27(37)33-14-23(32-40-19-7-5-4-6-8-19)29-18(13-24(33)34)12-16-11-17(28)9-10-22(16)38-2/h4-11,15,18,20H,3,12-14H2,1-2H3,(H,29,32)(H,31,37)(H,35,36)/t18-,20-/m1/s1. The summed E-state index contributed by atoms with van der Waals surface area (Å²) in [5, 5.41) is 12.3. The lowest BCUT2D eigenvalue weighted by atomic mass is 10.0. The van der Waals surface area contributed by atoms with Gasteiger partial charge >= 0.3 is 12.0 Å². The highest BCUT2D eigenvalue weighted by atomic mass is 35.5. The molecule has 0 saturated heterocycles. The number of oxazole rings is 1. The van der Waals surface area contributed by atoms with E-state index in [4.69, 9.17) is 35.7 Å². The number of carboxylic acid groups (broad SMARTS) is 1. The zero-order chi connectivity index (χ0) is 28.6. The number of imide groups is 1. The van der Waals surface area contributed by atoms with Gasteiger partial charge in [0.1, 0.15) is 18.1 Å². The first-order valence-electron chi connectivity index (χ1n) is 12.4. The number of urea groups is 1. The van der Waals surface area contributed by atoms with Crippen molar-refractivity contribution in [1.82, 2.24) is 20.7 Å². The highest BCUT2D eigenvalue weighted by Crippen LogP contribution is 2.26. The van der Waals surface area contributed by atoms with Gasteiger partial charge in [0.2, 0.25) is 11.8 Å². The molecule has 12 nitrogen and oxygen atoms in total. The molecule has 3 N–H and O–H groups in total. The van der Waals surface area contributed by atoms with Crippen molar-refractivity contribution in [2.75, 3.05) is 13.7 Å². The van der Waals surface area contributed by atoms with Crippen LogP contribution in [0.5, 0.6) is 11.5 Å². The van der Waals surface area contributed by atoms with Gasteiger partial charge in [0.25, 0.3) is 0 Å². The van der Waals surface area contributed by atoms with Gasteiger partial charge < -0.3 is 24.4 Å². The molecule has 2 atom stereocenters. The van der Waals surface area contributed by atoms with E-state index in [0.717, 1.165) is 16.7 Å². The maximum absolute atomic E-state index is 13.3. The third kappa shape index (κ3) is 7.08. The quantitative estimate of drug-likeness (QED) is 0.324. The minimum atomic E-state index is -1.26.